The van der Waals surface area contributed by atoms with Gasteiger partial charge in [-0.25, -0.2) is 9.97 Å². The van der Waals surface area contributed by atoms with Crippen molar-refractivity contribution in [3.8, 4) is 0 Å². The number of amides is 1. The van der Waals surface area contributed by atoms with E-state index in [1.165, 1.54) is 0 Å². The molecule has 0 aliphatic heterocycles. The lowest BCUT2D eigenvalue weighted by Gasteiger charge is -2.07. The summed E-state index contributed by atoms with van der Waals surface area (Å²) in [5.41, 5.74) is 4.61. The quantitative estimate of drug-likeness (QED) is 0.593. The number of fused-ring (bicyclic) bond motifs is 1. The van der Waals surface area contributed by atoms with Crippen molar-refractivity contribution in [3.63, 3.8) is 0 Å². The fourth-order valence-electron chi connectivity index (χ4n) is 3.01. The lowest BCUT2D eigenvalue weighted by molar-refractivity contribution is 0.0950. The maximum absolute atomic E-state index is 12.4. The van der Waals surface area contributed by atoms with Gasteiger partial charge in [0.15, 0.2) is 0 Å². The Labute approximate surface area is 156 Å². The molecule has 7 heteroatoms. The summed E-state index contributed by atoms with van der Waals surface area (Å²) in [5, 5.41) is 7.37. The third kappa shape index (κ3) is 3.72. The van der Waals surface area contributed by atoms with E-state index in [0.717, 1.165) is 22.6 Å². The van der Waals surface area contributed by atoms with Crippen LogP contribution in [0.25, 0.3) is 5.78 Å². The number of aryl methyl sites for hydroxylation is 2. The normalized spacial score (nSPS) is 11.0. The number of nitrogens with one attached hydrogen (secondary N) is 1. The van der Waals surface area contributed by atoms with E-state index < -0.39 is 0 Å². The van der Waals surface area contributed by atoms with Crippen molar-refractivity contribution in [2.24, 2.45) is 0 Å². The Hall–Kier alpha value is -3.48. The number of rotatable bonds is 5. The summed E-state index contributed by atoms with van der Waals surface area (Å²) in [6, 6.07) is 11.5. The van der Waals surface area contributed by atoms with Gasteiger partial charge in [-0.1, -0.05) is 12.1 Å². The number of imidazole rings is 1. The molecule has 4 aromatic rings. The molecule has 3 heterocycles. The number of hydrogen-bond donors (Lipinski definition) is 1. The number of benzene rings is 1. The average molecular weight is 360 g/mol. The molecule has 1 aromatic carbocycles. The molecule has 0 saturated carbocycles. The predicted molar refractivity (Wildman–Crippen MR) is 101 cm³/mol. The topological polar surface area (TPSA) is 77.1 Å². The zero-order valence-corrected chi connectivity index (χ0v) is 15.3. The second-order valence-corrected chi connectivity index (χ2v) is 6.52. The van der Waals surface area contributed by atoms with Crippen LogP contribution in [0.3, 0.4) is 0 Å². The van der Waals surface area contributed by atoms with Crippen LogP contribution in [0.4, 0.5) is 0 Å². The van der Waals surface area contributed by atoms with Crippen molar-refractivity contribution in [1.82, 2.24) is 29.5 Å². The van der Waals surface area contributed by atoms with Gasteiger partial charge in [0.05, 0.1) is 24.5 Å². The summed E-state index contributed by atoms with van der Waals surface area (Å²) in [7, 11) is 0. The van der Waals surface area contributed by atoms with Gasteiger partial charge in [-0.2, -0.15) is 5.10 Å². The van der Waals surface area contributed by atoms with Crippen LogP contribution in [-0.2, 0) is 13.1 Å². The van der Waals surface area contributed by atoms with Gasteiger partial charge in [0.1, 0.15) is 0 Å². The van der Waals surface area contributed by atoms with Crippen molar-refractivity contribution >= 4 is 11.7 Å². The highest BCUT2D eigenvalue weighted by atomic mass is 16.1. The van der Waals surface area contributed by atoms with Gasteiger partial charge < -0.3 is 5.32 Å². The maximum atomic E-state index is 12.4. The smallest absolute Gasteiger partial charge is 0.251 e. The van der Waals surface area contributed by atoms with Crippen LogP contribution in [0.2, 0.25) is 0 Å². The molecule has 3 aromatic heterocycles. The molecule has 0 bridgehead atoms. The minimum Gasteiger partial charge on any atom is -0.346 e. The molecule has 136 valence electrons. The van der Waals surface area contributed by atoms with Crippen molar-refractivity contribution in [2.45, 2.75) is 26.9 Å². The predicted octanol–water partition coefficient (Wildman–Crippen LogP) is 2.52. The number of aromatic nitrogens is 5. The molecular formula is C20H20N6O. The molecule has 1 amide bonds. The lowest BCUT2D eigenvalue weighted by atomic mass is 10.1. The minimum absolute atomic E-state index is 0.127. The minimum atomic E-state index is -0.127. The first-order chi connectivity index (χ1) is 13.1. The zero-order chi connectivity index (χ0) is 18.8. The zero-order valence-electron chi connectivity index (χ0n) is 15.3. The van der Waals surface area contributed by atoms with Gasteiger partial charge in [-0.05, 0) is 43.7 Å². The molecule has 0 radical (unpaired) electrons. The van der Waals surface area contributed by atoms with E-state index in [4.69, 9.17) is 0 Å². The lowest BCUT2D eigenvalue weighted by Crippen LogP contribution is -2.23. The average Bonchev–Trinajstić information content (AvgIpc) is 3.22. The summed E-state index contributed by atoms with van der Waals surface area (Å²) in [4.78, 5) is 20.9. The molecule has 4 rings (SSSR count). The van der Waals surface area contributed by atoms with Crippen LogP contribution in [0.15, 0.2) is 55.0 Å². The Morgan fingerprint density at radius 1 is 1.19 bits per heavy atom. The molecule has 0 spiro atoms. The van der Waals surface area contributed by atoms with E-state index in [2.05, 4.69) is 26.4 Å². The van der Waals surface area contributed by atoms with Crippen LogP contribution in [0, 0.1) is 13.8 Å². The van der Waals surface area contributed by atoms with Gasteiger partial charge >= 0.3 is 0 Å². The molecule has 7 nitrogen and oxygen atoms in total. The van der Waals surface area contributed by atoms with Crippen molar-refractivity contribution in [3.05, 3.63) is 83.2 Å². The first-order valence-electron chi connectivity index (χ1n) is 8.75. The van der Waals surface area contributed by atoms with E-state index in [1.807, 2.05) is 65.7 Å². The Kier molecular flexibility index (Phi) is 4.42. The summed E-state index contributed by atoms with van der Waals surface area (Å²) < 4.78 is 3.79. The molecule has 0 saturated heterocycles. The molecule has 0 fully saturated rings. The maximum Gasteiger partial charge on any atom is 0.251 e. The van der Waals surface area contributed by atoms with Crippen LogP contribution in [0.1, 0.15) is 33.0 Å². The van der Waals surface area contributed by atoms with Crippen LogP contribution < -0.4 is 5.32 Å². The van der Waals surface area contributed by atoms with Crippen molar-refractivity contribution in [1.29, 1.82) is 0 Å². The van der Waals surface area contributed by atoms with E-state index in [9.17, 15) is 4.79 Å². The molecule has 0 aliphatic rings. The highest BCUT2D eigenvalue weighted by molar-refractivity contribution is 5.94. The monoisotopic (exact) mass is 360 g/mol. The number of carbonyl (C=O) groups excluding carboxylic acids is 1. The number of hydrogen-bond acceptors (Lipinski definition) is 4. The van der Waals surface area contributed by atoms with Crippen molar-refractivity contribution < 1.29 is 4.79 Å². The largest absolute Gasteiger partial charge is 0.346 e. The second-order valence-electron chi connectivity index (χ2n) is 6.52. The van der Waals surface area contributed by atoms with Crippen LogP contribution in [0.5, 0.6) is 0 Å². The molecule has 1 N–H and O–H groups in total. The summed E-state index contributed by atoms with van der Waals surface area (Å²) >= 11 is 0. The van der Waals surface area contributed by atoms with Gasteiger partial charge in [-0.15, -0.1) is 0 Å². The standard InChI is InChI=1S/C20H20N6O/c1-14-10-15(2)26(24-14)12-16-4-6-17(7-5-16)19(27)22-11-18-13-25-9-3-8-21-20(25)23-18/h3-10,13H,11-12H2,1-2H3,(H,22,27). The number of nitrogens with zero attached hydrogens (tertiary/aromatic N) is 5. The Bertz CT molecular complexity index is 1060. The third-order valence-corrected chi connectivity index (χ3v) is 4.37. The van der Waals surface area contributed by atoms with Crippen LogP contribution in [-0.4, -0.2) is 30.1 Å². The Balaban J connectivity index is 1.39. The van der Waals surface area contributed by atoms with Crippen molar-refractivity contribution in [2.75, 3.05) is 0 Å². The summed E-state index contributed by atoms with van der Waals surface area (Å²) in [6.45, 7) is 5.07. The highest BCUT2D eigenvalue weighted by Gasteiger charge is 2.08. The molecular weight excluding hydrogens is 340 g/mol. The van der Waals surface area contributed by atoms with Crippen LogP contribution >= 0.6 is 0 Å². The summed E-state index contributed by atoms with van der Waals surface area (Å²) in [6.07, 6.45) is 5.43. The molecule has 0 atom stereocenters. The van der Waals surface area contributed by atoms with Gasteiger partial charge in [0.25, 0.3) is 5.91 Å². The van der Waals surface area contributed by atoms with E-state index in [0.29, 0.717) is 24.4 Å². The molecule has 27 heavy (non-hydrogen) atoms. The second kappa shape index (κ2) is 7.03. The fraction of sp³-hybridized carbons (Fsp3) is 0.200. The van der Waals surface area contributed by atoms with Gasteiger partial charge in [0.2, 0.25) is 5.78 Å². The van der Waals surface area contributed by atoms with Gasteiger partial charge in [-0.3, -0.25) is 13.9 Å². The first kappa shape index (κ1) is 17.0. The SMILES string of the molecule is Cc1cc(C)n(Cc2ccc(C(=O)NCc3cn4cccnc4n3)cc2)n1. The first-order valence-corrected chi connectivity index (χ1v) is 8.75. The fourth-order valence-corrected chi connectivity index (χ4v) is 3.01. The Morgan fingerprint density at radius 2 is 2.00 bits per heavy atom. The molecule has 0 aliphatic carbocycles. The van der Waals surface area contributed by atoms with E-state index in [-0.39, 0.29) is 5.91 Å². The highest BCUT2D eigenvalue weighted by Crippen LogP contribution is 2.10. The Morgan fingerprint density at radius 3 is 2.70 bits per heavy atom. The molecule has 0 unspecified atom stereocenters. The third-order valence-electron chi connectivity index (χ3n) is 4.37. The van der Waals surface area contributed by atoms with E-state index >= 15 is 0 Å². The number of carbonyl (C=O) groups is 1. The van der Waals surface area contributed by atoms with Gasteiger partial charge in [0, 0.05) is 29.8 Å². The summed E-state index contributed by atoms with van der Waals surface area (Å²) in [5.74, 6) is 0.493. The van der Waals surface area contributed by atoms with E-state index in [1.54, 1.807) is 6.20 Å².